The topological polar surface area (TPSA) is 43.4 Å². The lowest BCUT2D eigenvalue weighted by atomic mass is 9.98. The molecule has 1 aromatic carbocycles. The predicted octanol–water partition coefficient (Wildman–Crippen LogP) is 2.94. The van der Waals surface area contributed by atoms with Crippen LogP contribution >= 0.6 is 10.7 Å². The molecule has 0 saturated carbocycles. The zero-order chi connectivity index (χ0) is 14.0. The highest BCUT2D eigenvalue weighted by Gasteiger charge is 2.26. The molecule has 102 valence electrons. The largest absolute Gasteiger partial charge is 0.493 e. The first-order valence-electron chi connectivity index (χ1n) is 5.09. The first kappa shape index (κ1) is 15.2. The van der Waals surface area contributed by atoms with E-state index in [0.29, 0.717) is 0 Å². The zero-order valence-corrected chi connectivity index (χ0v) is 11.5. The molecule has 0 aliphatic rings. The van der Waals surface area contributed by atoms with Crippen LogP contribution < -0.4 is 4.74 Å². The summed E-state index contributed by atoms with van der Waals surface area (Å²) >= 11 is 0. The molecule has 0 fully saturated rings. The van der Waals surface area contributed by atoms with Crippen LogP contribution in [0.4, 0.5) is 8.78 Å². The maximum atomic E-state index is 12.9. The highest BCUT2D eigenvalue weighted by molar-refractivity contribution is 8.13. The molecule has 0 amide bonds. The molecule has 0 saturated heterocycles. The Morgan fingerprint density at radius 2 is 1.72 bits per heavy atom. The van der Waals surface area contributed by atoms with Crippen LogP contribution in [-0.2, 0) is 9.05 Å². The third kappa shape index (κ3) is 5.64. The molecule has 3 nitrogen and oxygen atoms in total. The standard InChI is InChI=1S/C11H13ClF2O3S/c1-11(2,7-18(12,15)16)6-17-10-4-8(13)3-9(14)5-10/h3-5H,6-7H2,1-2H3. The lowest BCUT2D eigenvalue weighted by Gasteiger charge is -2.22. The van der Waals surface area contributed by atoms with Crippen molar-refractivity contribution >= 4 is 19.7 Å². The van der Waals surface area contributed by atoms with Gasteiger partial charge in [0.05, 0.1) is 12.4 Å². The minimum absolute atomic E-state index is 0.00699. The highest BCUT2D eigenvalue weighted by Crippen LogP contribution is 2.23. The van der Waals surface area contributed by atoms with Gasteiger partial charge in [0.2, 0.25) is 9.05 Å². The fourth-order valence-electron chi connectivity index (χ4n) is 1.40. The van der Waals surface area contributed by atoms with Crippen LogP contribution in [0, 0.1) is 17.0 Å². The average Bonchev–Trinajstić information content (AvgIpc) is 2.09. The summed E-state index contributed by atoms with van der Waals surface area (Å²) in [6.45, 7) is 3.23. The third-order valence-corrected chi connectivity index (χ3v) is 3.48. The van der Waals surface area contributed by atoms with Gasteiger partial charge in [-0.15, -0.1) is 0 Å². The Labute approximate surface area is 109 Å². The minimum atomic E-state index is -3.66. The molecule has 0 atom stereocenters. The molecule has 0 aliphatic carbocycles. The van der Waals surface area contributed by atoms with Crippen LogP contribution in [0.2, 0.25) is 0 Å². The van der Waals surface area contributed by atoms with Crippen LogP contribution in [-0.4, -0.2) is 20.8 Å². The van der Waals surface area contributed by atoms with E-state index in [9.17, 15) is 17.2 Å². The van der Waals surface area contributed by atoms with Gasteiger partial charge in [-0.3, -0.25) is 0 Å². The number of halogens is 3. The Kier molecular flexibility index (Phi) is 4.55. The molecule has 0 N–H and O–H groups in total. The fourth-order valence-corrected chi connectivity index (χ4v) is 3.30. The molecule has 0 radical (unpaired) electrons. The van der Waals surface area contributed by atoms with Crippen molar-refractivity contribution in [1.29, 1.82) is 0 Å². The maximum Gasteiger partial charge on any atom is 0.233 e. The van der Waals surface area contributed by atoms with Gasteiger partial charge in [-0.2, -0.15) is 0 Å². The normalized spacial score (nSPS) is 12.5. The van der Waals surface area contributed by atoms with Crippen molar-refractivity contribution in [3.63, 3.8) is 0 Å². The second-order valence-electron chi connectivity index (χ2n) is 4.74. The van der Waals surface area contributed by atoms with Gasteiger partial charge >= 0.3 is 0 Å². The first-order chi connectivity index (χ1) is 8.07. The molecular formula is C11H13ClF2O3S. The van der Waals surface area contributed by atoms with Crippen LogP contribution in [0.25, 0.3) is 0 Å². The van der Waals surface area contributed by atoms with Crippen molar-refractivity contribution in [2.45, 2.75) is 13.8 Å². The van der Waals surface area contributed by atoms with Crippen molar-refractivity contribution in [3.05, 3.63) is 29.8 Å². The Balaban J connectivity index is 2.69. The number of benzene rings is 1. The molecule has 0 bridgehead atoms. The predicted molar refractivity (Wildman–Crippen MR) is 65.3 cm³/mol. The molecule has 0 spiro atoms. The van der Waals surface area contributed by atoms with E-state index in [1.54, 1.807) is 13.8 Å². The molecule has 1 aromatic rings. The van der Waals surface area contributed by atoms with Crippen molar-refractivity contribution in [2.24, 2.45) is 5.41 Å². The monoisotopic (exact) mass is 298 g/mol. The average molecular weight is 299 g/mol. The van der Waals surface area contributed by atoms with E-state index < -0.39 is 26.1 Å². The van der Waals surface area contributed by atoms with E-state index in [2.05, 4.69) is 0 Å². The summed E-state index contributed by atoms with van der Waals surface area (Å²) in [6, 6.07) is 2.77. The summed E-state index contributed by atoms with van der Waals surface area (Å²) in [6.07, 6.45) is 0. The van der Waals surface area contributed by atoms with Gasteiger partial charge < -0.3 is 4.74 Å². The molecule has 0 unspecified atom stereocenters. The first-order valence-corrected chi connectivity index (χ1v) is 7.56. The third-order valence-electron chi connectivity index (χ3n) is 2.03. The summed E-state index contributed by atoms with van der Waals surface area (Å²) in [5, 5.41) is 0. The van der Waals surface area contributed by atoms with Crippen LogP contribution in [0.15, 0.2) is 18.2 Å². The second-order valence-corrected chi connectivity index (χ2v) is 7.52. The summed E-state index contributed by atoms with van der Waals surface area (Å²) in [5.41, 5.74) is -0.761. The quantitative estimate of drug-likeness (QED) is 0.785. The van der Waals surface area contributed by atoms with E-state index >= 15 is 0 Å². The van der Waals surface area contributed by atoms with Gasteiger partial charge in [0.1, 0.15) is 17.4 Å². The van der Waals surface area contributed by atoms with E-state index in [0.717, 1.165) is 18.2 Å². The highest BCUT2D eigenvalue weighted by atomic mass is 35.7. The lowest BCUT2D eigenvalue weighted by Crippen LogP contribution is -2.28. The maximum absolute atomic E-state index is 12.9. The Bertz CT molecular complexity index is 509. The molecule has 18 heavy (non-hydrogen) atoms. The number of hydrogen-bond acceptors (Lipinski definition) is 3. The van der Waals surface area contributed by atoms with Gasteiger partial charge in [-0.1, -0.05) is 13.8 Å². The molecule has 7 heteroatoms. The van der Waals surface area contributed by atoms with Gasteiger partial charge in [0, 0.05) is 34.3 Å². The van der Waals surface area contributed by atoms with Crippen LogP contribution in [0.5, 0.6) is 5.75 Å². The number of rotatable bonds is 5. The van der Waals surface area contributed by atoms with Crippen molar-refractivity contribution in [1.82, 2.24) is 0 Å². The molecule has 0 aromatic heterocycles. The van der Waals surface area contributed by atoms with Gasteiger partial charge in [-0.25, -0.2) is 17.2 Å². The van der Waals surface area contributed by atoms with Gasteiger partial charge in [0.25, 0.3) is 0 Å². The minimum Gasteiger partial charge on any atom is -0.493 e. The van der Waals surface area contributed by atoms with E-state index in [4.69, 9.17) is 15.4 Å². The van der Waals surface area contributed by atoms with Crippen LogP contribution in [0.3, 0.4) is 0 Å². The lowest BCUT2D eigenvalue weighted by molar-refractivity contribution is 0.199. The van der Waals surface area contributed by atoms with Crippen molar-refractivity contribution in [2.75, 3.05) is 12.4 Å². The van der Waals surface area contributed by atoms with Gasteiger partial charge in [-0.05, 0) is 0 Å². The summed E-state index contributed by atoms with van der Waals surface area (Å²) in [4.78, 5) is 0. The summed E-state index contributed by atoms with van der Waals surface area (Å²) in [5.74, 6) is -1.80. The molecule has 0 heterocycles. The molecular weight excluding hydrogens is 286 g/mol. The Hall–Kier alpha value is -0.880. The molecule has 0 aliphatic heterocycles. The Morgan fingerprint density at radius 3 is 2.17 bits per heavy atom. The summed E-state index contributed by atoms with van der Waals surface area (Å²) in [7, 11) is 1.49. The van der Waals surface area contributed by atoms with Gasteiger partial charge in [0.15, 0.2) is 0 Å². The van der Waals surface area contributed by atoms with Crippen molar-refractivity contribution in [3.8, 4) is 5.75 Å². The van der Waals surface area contributed by atoms with Crippen LogP contribution in [0.1, 0.15) is 13.8 Å². The number of ether oxygens (including phenoxy) is 1. The van der Waals surface area contributed by atoms with E-state index in [-0.39, 0.29) is 18.1 Å². The van der Waals surface area contributed by atoms with E-state index in [1.807, 2.05) is 0 Å². The zero-order valence-electron chi connectivity index (χ0n) is 9.91. The molecule has 1 rings (SSSR count). The van der Waals surface area contributed by atoms with Crippen molar-refractivity contribution < 1.29 is 21.9 Å². The number of hydrogen-bond donors (Lipinski definition) is 0. The van der Waals surface area contributed by atoms with E-state index in [1.165, 1.54) is 0 Å². The SMILES string of the molecule is CC(C)(COc1cc(F)cc(F)c1)CS(=O)(=O)Cl. The Morgan fingerprint density at radius 1 is 1.22 bits per heavy atom. The fraction of sp³-hybridized carbons (Fsp3) is 0.455. The smallest absolute Gasteiger partial charge is 0.233 e. The second kappa shape index (κ2) is 5.40. The summed E-state index contributed by atoms with van der Waals surface area (Å²) < 4.78 is 52.9.